The minimum atomic E-state index is -3.71. The number of nitrogens with one attached hydrogen (secondary N) is 1. The first-order valence-corrected chi connectivity index (χ1v) is 10.8. The van der Waals surface area contributed by atoms with Crippen LogP contribution in [0.1, 0.15) is 17.5 Å². The van der Waals surface area contributed by atoms with Gasteiger partial charge in [-0.2, -0.15) is 0 Å². The van der Waals surface area contributed by atoms with Gasteiger partial charge in [0, 0.05) is 19.8 Å². The maximum atomic E-state index is 12.6. The second-order valence-electron chi connectivity index (χ2n) is 6.20. The molecule has 25 heavy (non-hydrogen) atoms. The van der Waals surface area contributed by atoms with Crippen molar-refractivity contribution in [3.05, 3.63) is 53.6 Å². The Balaban J connectivity index is 1.84. The number of aryl methyl sites for hydroxylation is 2. The molecule has 0 saturated carbocycles. The largest absolute Gasteiger partial charge is 0.280 e. The number of nitrogens with zero attached hydrogens (tertiary/aromatic N) is 1. The third-order valence-electron chi connectivity index (χ3n) is 4.27. The summed E-state index contributed by atoms with van der Waals surface area (Å²) in [5.41, 5.74) is 2.60. The highest BCUT2D eigenvalue weighted by molar-refractivity contribution is 7.92. The average molecular weight is 380 g/mol. The van der Waals surface area contributed by atoms with Crippen molar-refractivity contribution in [2.24, 2.45) is 0 Å². The molecule has 0 bridgehead atoms. The zero-order chi connectivity index (χ0) is 18.2. The highest BCUT2D eigenvalue weighted by Crippen LogP contribution is 2.26. The lowest BCUT2D eigenvalue weighted by atomic mass is 10.1. The molecule has 2 aromatic carbocycles. The van der Waals surface area contributed by atoms with Crippen LogP contribution in [-0.2, 0) is 32.9 Å². The van der Waals surface area contributed by atoms with Crippen LogP contribution in [0.25, 0.3) is 0 Å². The molecule has 6 nitrogen and oxygen atoms in total. The summed E-state index contributed by atoms with van der Waals surface area (Å²) in [5.74, 6) is 0. The predicted molar refractivity (Wildman–Crippen MR) is 96.6 cm³/mol. The topological polar surface area (TPSA) is 83.6 Å². The summed E-state index contributed by atoms with van der Waals surface area (Å²) in [5, 5.41) is 0. The van der Waals surface area contributed by atoms with E-state index in [1.165, 1.54) is 43.9 Å². The number of anilines is 1. The molecule has 0 aromatic heterocycles. The molecule has 0 saturated heterocycles. The highest BCUT2D eigenvalue weighted by Gasteiger charge is 2.20. The fourth-order valence-electron chi connectivity index (χ4n) is 2.84. The molecule has 8 heteroatoms. The van der Waals surface area contributed by atoms with Gasteiger partial charge >= 0.3 is 0 Å². The van der Waals surface area contributed by atoms with Gasteiger partial charge in [0.05, 0.1) is 9.79 Å². The smallest absolute Gasteiger partial charge is 0.261 e. The van der Waals surface area contributed by atoms with E-state index in [0.717, 1.165) is 29.1 Å². The molecule has 0 unspecified atom stereocenters. The maximum Gasteiger partial charge on any atom is 0.261 e. The molecule has 0 radical (unpaired) electrons. The first kappa shape index (κ1) is 17.9. The lowest BCUT2D eigenvalue weighted by molar-refractivity contribution is 0.521. The van der Waals surface area contributed by atoms with Gasteiger partial charge in [-0.3, -0.25) is 4.72 Å². The zero-order valence-corrected chi connectivity index (χ0v) is 15.7. The van der Waals surface area contributed by atoms with Gasteiger partial charge in [-0.1, -0.05) is 6.07 Å². The summed E-state index contributed by atoms with van der Waals surface area (Å²) < 4.78 is 52.8. The van der Waals surface area contributed by atoms with Crippen LogP contribution in [0.15, 0.2) is 52.3 Å². The van der Waals surface area contributed by atoms with Crippen LogP contribution in [0.5, 0.6) is 0 Å². The number of hydrogen-bond donors (Lipinski definition) is 1. The Morgan fingerprint density at radius 1 is 0.840 bits per heavy atom. The first-order valence-electron chi connectivity index (χ1n) is 7.87. The number of benzene rings is 2. The summed E-state index contributed by atoms with van der Waals surface area (Å²) in [6.07, 6.45) is 2.94. The Morgan fingerprint density at radius 3 is 2.08 bits per heavy atom. The summed E-state index contributed by atoms with van der Waals surface area (Å²) in [6.45, 7) is 0. The van der Waals surface area contributed by atoms with E-state index in [1.807, 2.05) is 6.07 Å². The molecule has 0 atom stereocenters. The molecule has 3 rings (SSSR count). The molecule has 0 spiro atoms. The molecule has 134 valence electrons. The van der Waals surface area contributed by atoms with Crippen LogP contribution >= 0.6 is 0 Å². The van der Waals surface area contributed by atoms with E-state index in [1.54, 1.807) is 12.1 Å². The van der Waals surface area contributed by atoms with Crippen molar-refractivity contribution in [1.29, 1.82) is 0 Å². The van der Waals surface area contributed by atoms with Gasteiger partial charge in [-0.15, -0.1) is 0 Å². The summed E-state index contributed by atoms with van der Waals surface area (Å²) >= 11 is 0. The summed E-state index contributed by atoms with van der Waals surface area (Å²) in [7, 11) is -4.36. The highest BCUT2D eigenvalue weighted by atomic mass is 32.2. The Kier molecular flexibility index (Phi) is 4.61. The second kappa shape index (κ2) is 6.44. The minimum absolute atomic E-state index is 0.109. The lowest BCUT2D eigenvalue weighted by Gasteiger charge is -2.13. The third kappa shape index (κ3) is 3.56. The van der Waals surface area contributed by atoms with Gasteiger partial charge < -0.3 is 0 Å². The van der Waals surface area contributed by atoms with Crippen molar-refractivity contribution in [3.8, 4) is 0 Å². The zero-order valence-electron chi connectivity index (χ0n) is 14.1. The Morgan fingerprint density at radius 2 is 1.44 bits per heavy atom. The quantitative estimate of drug-likeness (QED) is 0.862. The standard InChI is InChI=1S/C17H20N2O4S2/c1-19(2)25(22,23)16-10-7-15(8-11-16)18-24(20,21)17-9-6-13-4-3-5-14(13)12-17/h6-12,18H,3-5H2,1-2H3. The van der Waals surface area contributed by atoms with Gasteiger partial charge in [0.2, 0.25) is 10.0 Å². The van der Waals surface area contributed by atoms with E-state index < -0.39 is 20.0 Å². The van der Waals surface area contributed by atoms with E-state index in [0.29, 0.717) is 5.69 Å². The van der Waals surface area contributed by atoms with E-state index >= 15 is 0 Å². The van der Waals surface area contributed by atoms with Gasteiger partial charge in [-0.05, 0) is 66.8 Å². The molecule has 0 fully saturated rings. The molecule has 1 aliphatic carbocycles. The number of hydrogen-bond acceptors (Lipinski definition) is 4. The monoisotopic (exact) mass is 380 g/mol. The molecule has 0 heterocycles. The van der Waals surface area contributed by atoms with Crippen LogP contribution in [0.3, 0.4) is 0 Å². The van der Waals surface area contributed by atoms with Crippen LogP contribution in [0.2, 0.25) is 0 Å². The Bertz CT molecular complexity index is 995. The number of rotatable bonds is 5. The third-order valence-corrected chi connectivity index (χ3v) is 7.47. The summed E-state index contributed by atoms with van der Waals surface area (Å²) in [6, 6.07) is 10.9. The molecule has 0 aliphatic heterocycles. The normalized spacial score (nSPS) is 14.5. The number of sulfonamides is 2. The van der Waals surface area contributed by atoms with Crippen LogP contribution in [0, 0.1) is 0 Å². The van der Waals surface area contributed by atoms with E-state index in [4.69, 9.17) is 0 Å². The maximum absolute atomic E-state index is 12.6. The van der Waals surface area contributed by atoms with Gasteiger partial charge in [0.15, 0.2) is 0 Å². The Labute approximate surface area is 148 Å². The van der Waals surface area contributed by atoms with Gasteiger partial charge in [0.1, 0.15) is 0 Å². The fraction of sp³-hybridized carbons (Fsp3) is 0.294. The molecular weight excluding hydrogens is 360 g/mol. The first-order chi connectivity index (χ1) is 11.7. The molecular formula is C17H20N2O4S2. The lowest BCUT2D eigenvalue weighted by Crippen LogP contribution is -2.22. The van der Waals surface area contributed by atoms with E-state index in [9.17, 15) is 16.8 Å². The van der Waals surface area contributed by atoms with Crippen molar-refractivity contribution in [1.82, 2.24) is 4.31 Å². The van der Waals surface area contributed by atoms with Crippen LogP contribution in [0.4, 0.5) is 5.69 Å². The molecule has 0 amide bonds. The summed E-state index contributed by atoms with van der Waals surface area (Å²) in [4.78, 5) is 0.330. The Hall–Kier alpha value is -1.90. The number of fused-ring (bicyclic) bond motifs is 1. The van der Waals surface area contributed by atoms with E-state index in [2.05, 4.69) is 4.72 Å². The van der Waals surface area contributed by atoms with Crippen molar-refractivity contribution in [2.45, 2.75) is 29.1 Å². The minimum Gasteiger partial charge on any atom is -0.280 e. The fourth-order valence-corrected chi connectivity index (χ4v) is 4.85. The van der Waals surface area contributed by atoms with Gasteiger partial charge in [-0.25, -0.2) is 21.1 Å². The van der Waals surface area contributed by atoms with Crippen molar-refractivity contribution >= 4 is 25.7 Å². The SMILES string of the molecule is CN(C)S(=O)(=O)c1ccc(NS(=O)(=O)c2ccc3c(c2)CCC3)cc1. The second-order valence-corrected chi connectivity index (χ2v) is 10.0. The van der Waals surface area contributed by atoms with E-state index in [-0.39, 0.29) is 9.79 Å². The molecule has 2 aromatic rings. The van der Waals surface area contributed by atoms with Crippen molar-refractivity contribution in [2.75, 3.05) is 18.8 Å². The molecule has 1 aliphatic rings. The van der Waals surface area contributed by atoms with Crippen molar-refractivity contribution < 1.29 is 16.8 Å². The van der Waals surface area contributed by atoms with Crippen molar-refractivity contribution in [3.63, 3.8) is 0 Å². The predicted octanol–water partition coefficient (Wildman–Crippen LogP) is 2.23. The van der Waals surface area contributed by atoms with Crippen LogP contribution < -0.4 is 4.72 Å². The average Bonchev–Trinajstić information content (AvgIpc) is 3.02. The van der Waals surface area contributed by atoms with Gasteiger partial charge in [0.25, 0.3) is 10.0 Å². The van der Waals surface area contributed by atoms with Crippen LogP contribution in [-0.4, -0.2) is 35.2 Å². The molecule has 1 N–H and O–H groups in total.